The molecule has 0 unspecified atom stereocenters. The van der Waals surface area contributed by atoms with E-state index in [1.54, 1.807) is 12.1 Å². The summed E-state index contributed by atoms with van der Waals surface area (Å²) in [6, 6.07) is 23.5. The average molecular weight is 404 g/mol. The van der Waals surface area contributed by atoms with E-state index in [-0.39, 0.29) is 12.4 Å². The van der Waals surface area contributed by atoms with E-state index in [0.717, 1.165) is 34.3 Å². The molecule has 0 bridgehead atoms. The molecule has 0 amide bonds. The Hall–Kier alpha value is -3.04. The first kappa shape index (κ1) is 19.3. The van der Waals surface area contributed by atoms with Gasteiger partial charge in [-0.1, -0.05) is 60.1 Å². The van der Waals surface area contributed by atoms with Crippen molar-refractivity contribution >= 4 is 28.3 Å². The number of fused-ring (bicyclic) bond motifs is 1. The van der Waals surface area contributed by atoms with Gasteiger partial charge in [-0.3, -0.25) is 4.79 Å². The molecule has 0 aliphatic rings. The van der Waals surface area contributed by atoms with Crippen LogP contribution in [0, 0.1) is 6.92 Å². The molecule has 29 heavy (non-hydrogen) atoms. The number of benzene rings is 3. The highest BCUT2D eigenvalue weighted by molar-refractivity contribution is 6.31. The van der Waals surface area contributed by atoms with Crippen LogP contribution in [0.2, 0.25) is 5.02 Å². The molecule has 3 nitrogen and oxygen atoms in total. The number of carbonyl (C=O) groups is 1. The molecule has 1 aromatic heterocycles. The summed E-state index contributed by atoms with van der Waals surface area (Å²) in [5.41, 5.74) is 4.65. The summed E-state index contributed by atoms with van der Waals surface area (Å²) in [4.78, 5) is 13.3. The van der Waals surface area contributed by atoms with Crippen molar-refractivity contribution in [2.75, 3.05) is 6.61 Å². The molecule has 3 aromatic carbocycles. The summed E-state index contributed by atoms with van der Waals surface area (Å²) in [5, 5.41) is 1.63. The Morgan fingerprint density at radius 2 is 1.72 bits per heavy atom. The number of aryl methyl sites for hydroxylation is 2. The SMILES string of the molecule is CCn1c(-c2ccccc2)c(C(=O)COc2ccc(Cl)c(C)c2)c2ccccc21. The van der Waals surface area contributed by atoms with Crippen molar-refractivity contribution in [1.82, 2.24) is 4.57 Å². The fourth-order valence-electron chi connectivity index (χ4n) is 3.74. The largest absolute Gasteiger partial charge is 0.485 e. The number of nitrogens with zero attached hydrogens (tertiary/aromatic N) is 1. The molecule has 0 radical (unpaired) electrons. The van der Waals surface area contributed by atoms with E-state index in [4.69, 9.17) is 16.3 Å². The van der Waals surface area contributed by atoms with Gasteiger partial charge in [0.1, 0.15) is 5.75 Å². The molecular weight excluding hydrogens is 382 g/mol. The Morgan fingerprint density at radius 1 is 1.00 bits per heavy atom. The Kier molecular flexibility index (Phi) is 5.41. The first-order valence-corrected chi connectivity index (χ1v) is 10.1. The van der Waals surface area contributed by atoms with Crippen LogP contribution >= 0.6 is 11.6 Å². The van der Waals surface area contributed by atoms with Gasteiger partial charge < -0.3 is 9.30 Å². The highest BCUT2D eigenvalue weighted by atomic mass is 35.5. The Labute approximate surface area is 175 Å². The van der Waals surface area contributed by atoms with Gasteiger partial charge in [-0.2, -0.15) is 0 Å². The summed E-state index contributed by atoms with van der Waals surface area (Å²) in [5.74, 6) is 0.598. The quantitative estimate of drug-likeness (QED) is 0.342. The highest BCUT2D eigenvalue weighted by Crippen LogP contribution is 2.34. The minimum absolute atomic E-state index is 0.0291. The minimum atomic E-state index is -0.0418. The van der Waals surface area contributed by atoms with Gasteiger partial charge in [0.15, 0.2) is 6.61 Å². The summed E-state index contributed by atoms with van der Waals surface area (Å²) in [6.07, 6.45) is 0. The van der Waals surface area contributed by atoms with Crippen molar-refractivity contribution in [2.45, 2.75) is 20.4 Å². The van der Waals surface area contributed by atoms with Gasteiger partial charge in [0.25, 0.3) is 0 Å². The van der Waals surface area contributed by atoms with E-state index in [0.29, 0.717) is 16.3 Å². The molecular formula is C25H22ClNO2. The molecule has 4 rings (SSSR count). The first-order chi connectivity index (χ1) is 14.1. The molecule has 0 aliphatic carbocycles. The molecule has 4 heteroatoms. The van der Waals surface area contributed by atoms with Crippen molar-refractivity contribution in [3.8, 4) is 17.0 Å². The number of ether oxygens (including phenoxy) is 1. The van der Waals surface area contributed by atoms with Gasteiger partial charge in [0.2, 0.25) is 5.78 Å². The molecule has 146 valence electrons. The third-order valence-corrected chi connectivity index (χ3v) is 5.54. The molecule has 0 saturated carbocycles. The van der Waals surface area contributed by atoms with Crippen molar-refractivity contribution in [3.63, 3.8) is 0 Å². The predicted molar refractivity (Wildman–Crippen MR) is 119 cm³/mol. The lowest BCUT2D eigenvalue weighted by molar-refractivity contribution is 0.0923. The second kappa shape index (κ2) is 8.14. The summed E-state index contributed by atoms with van der Waals surface area (Å²) >= 11 is 6.09. The fourth-order valence-corrected chi connectivity index (χ4v) is 3.86. The van der Waals surface area contributed by atoms with Crippen LogP contribution in [0.4, 0.5) is 0 Å². The number of ketones is 1. The summed E-state index contributed by atoms with van der Waals surface area (Å²) in [6.45, 7) is 4.76. The molecule has 0 spiro atoms. The van der Waals surface area contributed by atoms with Crippen LogP contribution in [0.3, 0.4) is 0 Å². The maximum Gasteiger partial charge on any atom is 0.202 e. The number of Topliss-reactive ketones (excluding diaryl/α,β-unsaturated/α-hetero) is 1. The van der Waals surface area contributed by atoms with Crippen molar-refractivity contribution in [1.29, 1.82) is 0 Å². The topological polar surface area (TPSA) is 31.2 Å². The molecule has 0 N–H and O–H groups in total. The molecule has 4 aromatic rings. The monoisotopic (exact) mass is 403 g/mol. The summed E-state index contributed by atoms with van der Waals surface area (Å²) < 4.78 is 8.02. The van der Waals surface area contributed by atoms with Gasteiger partial charge in [0.05, 0.1) is 11.3 Å². The molecule has 1 heterocycles. The van der Waals surface area contributed by atoms with Crippen molar-refractivity contribution in [3.05, 3.63) is 88.9 Å². The van der Waals surface area contributed by atoms with Crippen LogP contribution in [-0.4, -0.2) is 17.0 Å². The van der Waals surface area contributed by atoms with E-state index in [2.05, 4.69) is 17.6 Å². The normalized spacial score (nSPS) is 11.0. The van der Waals surface area contributed by atoms with Crippen LogP contribution in [0.5, 0.6) is 5.75 Å². The van der Waals surface area contributed by atoms with Gasteiger partial charge >= 0.3 is 0 Å². The van der Waals surface area contributed by atoms with E-state index < -0.39 is 0 Å². The second-order valence-electron chi connectivity index (χ2n) is 6.97. The van der Waals surface area contributed by atoms with E-state index in [9.17, 15) is 4.79 Å². The lowest BCUT2D eigenvalue weighted by atomic mass is 10.0. The zero-order valence-electron chi connectivity index (χ0n) is 16.5. The first-order valence-electron chi connectivity index (χ1n) is 9.69. The average Bonchev–Trinajstić information content (AvgIpc) is 3.09. The van der Waals surface area contributed by atoms with Gasteiger partial charge in [-0.15, -0.1) is 0 Å². The second-order valence-corrected chi connectivity index (χ2v) is 7.38. The standard InChI is InChI=1S/C25H22ClNO2/c1-3-27-22-12-8-7-11-20(22)24(25(27)18-9-5-4-6-10-18)23(28)16-29-19-13-14-21(26)17(2)15-19/h4-15H,3,16H2,1-2H3. The van der Waals surface area contributed by atoms with Gasteiger partial charge in [-0.05, 0) is 49.2 Å². The van der Waals surface area contributed by atoms with Crippen LogP contribution in [-0.2, 0) is 6.54 Å². The molecule has 0 saturated heterocycles. The number of rotatable bonds is 6. The molecule has 0 atom stereocenters. The number of hydrogen-bond donors (Lipinski definition) is 0. The van der Waals surface area contributed by atoms with E-state index >= 15 is 0 Å². The minimum Gasteiger partial charge on any atom is -0.485 e. The zero-order valence-corrected chi connectivity index (χ0v) is 17.2. The van der Waals surface area contributed by atoms with Crippen LogP contribution < -0.4 is 4.74 Å². The zero-order chi connectivity index (χ0) is 20.4. The lowest BCUT2D eigenvalue weighted by Gasteiger charge is -2.11. The summed E-state index contributed by atoms with van der Waals surface area (Å²) in [7, 11) is 0. The Bertz CT molecular complexity index is 1180. The third-order valence-electron chi connectivity index (χ3n) is 5.11. The van der Waals surface area contributed by atoms with Crippen molar-refractivity contribution in [2.24, 2.45) is 0 Å². The van der Waals surface area contributed by atoms with Crippen LogP contribution in [0.1, 0.15) is 22.8 Å². The van der Waals surface area contributed by atoms with Crippen LogP contribution in [0.25, 0.3) is 22.2 Å². The Morgan fingerprint density at radius 3 is 2.45 bits per heavy atom. The third kappa shape index (κ3) is 3.66. The smallest absolute Gasteiger partial charge is 0.202 e. The number of para-hydroxylation sites is 1. The maximum atomic E-state index is 13.3. The van der Waals surface area contributed by atoms with E-state index in [1.165, 1.54) is 0 Å². The Balaban J connectivity index is 1.77. The number of aromatic nitrogens is 1. The molecule has 0 fully saturated rings. The van der Waals surface area contributed by atoms with Crippen LogP contribution in [0.15, 0.2) is 72.8 Å². The fraction of sp³-hybridized carbons (Fsp3) is 0.160. The maximum absolute atomic E-state index is 13.3. The van der Waals surface area contributed by atoms with Crippen molar-refractivity contribution < 1.29 is 9.53 Å². The lowest BCUT2D eigenvalue weighted by Crippen LogP contribution is -2.13. The van der Waals surface area contributed by atoms with Gasteiger partial charge in [-0.25, -0.2) is 0 Å². The van der Waals surface area contributed by atoms with Gasteiger partial charge in [0, 0.05) is 22.5 Å². The predicted octanol–water partition coefficient (Wildman–Crippen LogP) is 6.55. The number of hydrogen-bond acceptors (Lipinski definition) is 2. The number of halogens is 1. The van der Waals surface area contributed by atoms with E-state index in [1.807, 2.05) is 61.5 Å². The highest BCUT2D eigenvalue weighted by Gasteiger charge is 2.23. The molecule has 0 aliphatic heterocycles. The number of carbonyl (C=O) groups excluding carboxylic acids is 1.